The standard InChI is InChI=1S/C13H16N4O3/c1-2-5-15-6-7-16(13(15)18)9-10-3-4-12(17(19)20)11(14)8-10/h3-4,6-8H,2,5,9,14H2,1H3. The van der Waals surface area contributed by atoms with Gasteiger partial charge in [-0.25, -0.2) is 4.79 Å². The molecule has 0 fully saturated rings. The molecule has 0 spiro atoms. The van der Waals surface area contributed by atoms with Crippen LogP contribution in [0.5, 0.6) is 0 Å². The molecule has 2 rings (SSSR count). The molecule has 0 saturated carbocycles. The molecule has 20 heavy (non-hydrogen) atoms. The smallest absolute Gasteiger partial charge is 0.328 e. The first-order valence-electron chi connectivity index (χ1n) is 6.31. The third-order valence-corrected chi connectivity index (χ3v) is 3.02. The number of nitrogen functional groups attached to an aromatic ring is 1. The first kappa shape index (κ1) is 13.9. The zero-order valence-corrected chi connectivity index (χ0v) is 11.2. The summed E-state index contributed by atoms with van der Waals surface area (Å²) in [5.74, 6) is 0. The van der Waals surface area contributed by atoms with Gasteiger partial charge in [0.2, 0.25) is 0 Å². The van der Waals surface area contributed by atoms with Crippen LogP contribution in [-0.2, 0) is 13.1 Å². The molecule has 1 aromatic carbocycles. The van der Waals surface area contributed by atoms with E-state index in [0.717, 1.165) is 12.0 Å². The third-order valence-electron chi connectivity index (χ3n) is 3.02. The summed E-state index contributed by atoms with van der Waals surface area (Å²) in [7, 11) is 0. The fraction of sp³-hybridized carbons (Fsp3) is 0.308. The van der Waals surface area contributed by atoms with Gasteiger partial charge in [0.25, 0.3) is 5.69 Å². The fourth-order valence-corrected chi connectivity index (χ4v) is 2.05. The highest BCUT2D eigenvalue weighted by molar-refractivity contribution is 5.59. The summed E-state index contributed by atoms with van der Waals surface area (Å²) in [5, 5.41) is 10.7. The van der Waals surface area contributed by atoms with E-state index in [-0.39, 0.29) is 17.1 Å². The first-order chi connectivity index (χ1) is 9.52. The van der Waals surface area contributed by atoms with Crippen LogP contribution in [0.1, 0.15) is 18.9 Å². The Morgan fingerprint density at radius 3 is 2.60 bits per heavy atom. The Bertz CT molecular complexity index is 687. The molecule has 0 aliphatic carbocycles. The third kappa shape index (κ3) is 2.71. The maximum atomic E-state index is 12.0. The molecule has 0 bridgehead atoms. The molecule has 0 unspecified atom stereocenters. The van der Waals surface area contributed by atoms with E-state index in [0.29, 0.717) is 13.1 Å². The number of rotatable bonds is 5. The lowest BCUT2D eigenvalue weighted by Crippen LogP contribution is -2.24. The second-order valence-corrected chi connectivity index (χ2v) is 4.55. The number of aryl methyl sites for hydroxylation is 1. The highest BCUT2D eigenvalue weighted by atomic mass is 16.6. The molecule has 0 saturated heterocycles. The summed E-state index contributed by atoms with van der Waals surface area (Å²) in [4.78, 5) is 22.2. The van der Waals surface area contributed by atoms with Crippen molar-refractivity contribution in [3.05, 3.63) is 56.8 Å². The van der Waals surface area contributed by atoms with Crippen molar-refractivity contribution >= 4 is 11.4 Å². The van der Waals surface area contributed by atoms with Crippen LogP contribution in [0, 0.1) is 10.1 Å². The Kier molecular flexibility index (Phi) is 3.88. The van der Waals surface area contributed by atoms with Crippen molar-refractivity contribution in [2.45, 2.75) is 26.4 Å². The van der Waals surface area contributed by atoms with Crippen molar-refractivity contribution in [3.8, 4) is 0 Å². The first-order valence-corrected chi connectivity index (χ1v) is 6.31. The van der Waals surface area contributed by atoms with Gasteiger partial charge < -0.3 is 5.73 Å². The molecule has 0 aliphatic heterocycles. The van der Waals surface area contributed by atoms with Gasteiger partial charge in [-0.3, -0.25) is 19.2 Å². The lowest BCUT2D eigenvalue weighted by Gasteiger charge is -2.04. The predicted octanol–water partition coefficient (Wildman–Crippen LogP) is 1.60. The maximum Gasteiger partial charge on any atom is 0.328 e. The van der Waals surface area contributed by atoms with Crippen molar-refractivity contribution < 1.29 is 4.92 Å². The Hall–Kier alpha value is -2.57. The van der Waals surface area contributed by atoms with Gasteiger partial charge in [-0.2, -0.15) is 0 Å². The molecule has 0 aliphatic rings. The molecule has 2 N–H and O–H groups in total. The number of anilines is 1. The Morgan fingerprint density at radius 2 is 2.00 bits per heavy atom. The highest BCUT2D eigenvalue weighted by Gasteiger charge is 2.12. The molecule has 2 aromatic rings. The van der Waals surface area contributed by atoms with Crippen molar-refractivity contribution in [3.63, 3.8) is 0 Å². The second kappa shape index (κ2) is 5.60. The van der Waals surface area contributed by atoms with Crippen molar-refractivity contribution in [2.75, 3.05) is 5.73 Å². The molecular weight excluding hydrogens is 260 g/mol. The van der Waals surface area contributed by atoms with Gasteiger partial charge in [0.15, 0.2) is 0 Å². The van der Waals surface area contributed by atoms with Crippen LogP contribution in [0.2, 0.25) is 0 Å². The minimum absolute atomic E-state index is 0.0937. The number of imidazole rings is 1. The average molecular weight is 276 g/mol. The zero-order chi connectivity index (χ0) is 14.7. The quantitative estimate of drug-likeness (QED) is 0.509. The van der Waals surface area contributed by atoms with E-state index in [1.165, 1.54) is 12.1 Å². The van der Waals surface area contributed by atoms with E-state index in [1.54, 1.807) is 27.6 Å². The SMILES string of the molecule is CCCn1ccn(Cc2ccc([N+](=O)[O-])c(N)c2)c1=O. The monoisotopic (exact) mass is 276 g/mol. The number of aromatic nitrogens is 2. The molecule has 106 valence electrons. The van der Waals surface area contributed by atoms with Crippen molar-refractivity contribution in [1.29, 1.82) is 0 Å². The summed E-state index contributed by atoms with van der Waals surface area (Å²) in [6, 6.07) is 4.50. The maximum absolute atomic E-state index is 12.0. The van der Waals surface area contributed by atoms with Crippen molar-refractivity contribution in [2.24, 2.45) is 0 Å². The van der Waals surface area contributed by atoms with E-state index < -0.39 is 4.92 Å². The Morgan fingerprint density at radius 1 is 1.30 bits per heavy atom. The molecule has 0 radical (unpaired) electrons. The predicted molar refractivity (Wildman–Crippen MR) is 75.6 cm³/mol. The van der Waals surface area contributed by atoms with Crippen LogP contribution < -0.4 is 11.4 Å². The number of hydrogen-bond donors (Lipinski definition) is 1. The minimum atomic E-state index is -0.525. The summed E-state index contributed by atoms with van der Waals surface area (Å²) in [5.41, 5.74) is 6.28. The summed E-state index contributed by atoms with van der Waals surface area (Å²) in [6.07, 6.45) is 4.32. The van der Waals surface area contributed by atoms with Gasteiger partial charge in [0.1, 0.15) is 5.69 Å². The van der Waals surface area contributed by atoms with Gasteiger partial charge in [-0.1, -0.05) is 13.0 Å². The van der Waals surface area contributed by atoms with E-state index in [1.807, 2.05) is 6.92 Å². The van der Waals surface area contributed by atoms with Gasteiger partial charge in [0, 0.05) is 25.0 Å². The molecule has 0 atom stereocenters. The molecule has 1 heterocycles. The summed E-state index contributed by atoms with van der Waals surface area (Å²) < 4.78 is 3.19. The lowest BCUT2D eigenvalue weighted by molar-refractivity contribution is -0.383. The normalized spacial score (nSPS) is 10.7. The minimum Gasteiger partial charge on any atom is -0.393 e. The number of nitro groups is 1. The number of nitrogens with zero attached hydrogens (tertiary/aromatic N) is 3. The zero-order valence-electron chi connectivity index (χ0n) is 11.2. The van der Waals surface area contributed by atoms with Gasteiger partial charge in [-0.15, -0.1) is 0 Å². The summed E-state index contributed by atoms with van der Waals surface area (Å²) in [6.45, 7) is 3.02. The summed E-state index contributed by atoms with van der Waals surface area (Å²) >= 11 is 0. The molecule has 7 heteroatoms. The molecule has 1 aromatic heterocycles. The molecule has 7 nitrogen and oxygen atoms in total. The average Bonchev–Trinajstić information content (AvgIpc) is 2.72. The number of nitrogens with two attached hydrogens (primary N) is 1. The van der Waals surface area contributed by atoms with Gasteiger partial charge in [0.05, 0.1) is 11.5 Å². The van der Waals surface area contributed by atoms with Crippen LogP contribution >= 0.6 is 0 Å². The molecule has 0 amide bonds. The fourth-order valence-electron chi connectivity index (χ4n) is 2.05. The number of hydrogen-bond acceptors (Lipinski definition) is 4. The Labute approximate surface area is 115 Å². The number of nitro benzene ring substituents is 1. The van der Waals surface area contributed by atoms with Gasteiger partial charge in [-0.05, 0) is 18.1 Å². The second-order valence-electron chi connectivity index (χ2n) is 4.55. The van der Waals surface area contributed by atoms with Gasteiger partial charge >= 0.3 is 5.69 Å². The largest absolute Gasteiger partial charge is 0.393 e. The topological polar surface area (TPSA) is 96.1 Å². The van der Waals surface area contributed by atoms with E-state index in [9.17, 15) is 14.9 Å². The van der Waals surface area contributed by atoms with E-state index in [2.05, 4.69) is 0 Å². The van der Waals surface area contributed by atoms with Crippen LogP contribution in [0.15, 0.2) is 35.4 Å². The highest BCUT2D eigenvalue weighted by Crippen LogP contribution is 2.22. The van der Waals surface area contributed by atoms with Crippen LogP contribution in [-0.4, -0.2) is 14.1 Å². The molecular formula is C13H16N4O3. The van der Waals surface area contributed by atoms with Crippen LogP contribution in [0.4, 0.5) is 11.4 Å². The number of benzene rings is 1. The van der Waals surface area contributed by atoms with E-state index >= 15 is 0 Å². The van der Waals surface area contributed by atoms with E-state index in [4.69, 9.17) is 5.73 Å². The lowest BCUT2D eigenvalue weighted by atomic mass is 10.2. The van der Waals surface area contributed by atoms with Crippen molar-refractivity contribution in [1.82, 2.24) is 9.13 Å². The van der Waals surface area contributed by atoms with Crippen LogP contribution in [0.25, 0.3) is 0 Å². The van der Waals surface area contributed by atoms with Crippen LogP contribution in [0.3, 0.4) is 0 Å². The Balaban J connectivity index is 2.24.